The van der Waals surface area contributed by atoms with Crippen molar-refractivity contribution in [2.75, 3.05) is 13.6 Å². The highest BCUT2D eigenvalue weighted by Gasteiger charge is 2.20. The van der Waals surface area contributed by atoms with Gasteiger partial charge in [-0.3, -0.25) is 9.35 Å². The molecule has 7 heteroatoms. The first-order valence-electron chi connectivity index (χ1n) is 4.19. The van der Waals surface area contributed by atoms with Crippen LogP contribution in [-0.2, 0) is 10.1 Å². The molecule has 0 aliphatic carbocycles. The molecule has 1 aromatic heterocycles. The van der Waals surface area contributed by atoms with E-state index >= 15 is 0 Å². The summed E-state index contributed by atoms with van der Waals surface area (Å²) in [5.41, 5.74) is 0. The molecule has 1 amide bonds. The molecule has 0 atom stereocenters. The average Bonchev–Trinajstić information content (AvgIpc) is 2.63. The molecule has 1 N–H and O–H groups in total. The average molecular weight is 233 g/mol. The third-order valence-corrected chi connectivity index (χ3v) is 2.60. The molecule has 0 aliphatic rings. The summed E-state index contributed by atoms with van der Waals surface area (Å²) >= 11 is 0. The van der Waals surface area contributed by atoms with Crippen LogP contribution in [0.3, 0.4) is 0 Å². The van der Waals surface area contributed by atoms with E-state index in [2.05, 4.69) is 0 Å². The van der Waals surface area contributed by atoms with Gasteiger partial charge in [-0.1, -0.05) is 0 Å². The number of carbonyl (C=O) groups is 1. The van der Waals surface area contributed by atoms with E-state index in [0.717, 1.165) is 6.07 Å². The summed E-state index contributed by atoms with van der Waals surface area (Å²) in [7, 11) is -2.83. The summed E-state index contributed by atoms with van der Waals surface area (Å²) in [5, 5.41) is -0.629. The SMILES string of the molecule is CCN(C)C(=O)c1ccc(S(=O)(=O)O)o1. The van der Waals surface area contributed by atoms with E-state index in [9.17, 15) is 13.2 Å². The summed E-state index contributed by atoms with van der Waals surface area (Å²) in [6.45, 7) is 2.24. The fraction of sp³-hybridized carbons (Fsp3) is 0.375. The lowest BCUT2D eigenvalue weighted by Crippen LogP contribution is -2.25. The van der Waals surface area contributed by atoms with Crippen LogP contribution in [-0.4, -0.2) is 37.4 Å². The van der Waals surface area contributed by atoms with Crippen molar-refractivity contribution in [3.63, 3.8) is 0 Å². The maximum absolute atomic E-state index is 11.5. The minimum Gasteiger partial charge on any atom is -0.437 e. The van der Waals surface area contributed by atoms with Gasteiger partial charge in [0.05, 0.1) is 0 Å². The first-order chi connectivity index (χ1) is 6.86. The van der Waals surface area contributed by atoms with E-state index in [-0.39, 0.29) is 5.76 Å². The van der Waals surface area contributed by atoms with Crippen LogP contribution in [0.4, 0.5) is 0 Å². The Bertz CT molecular complexity index is 461. The standard InChI is InChI=1S/C8H11NO5S/c1-3-9(2)8(10)6-4-5-7(14-6)15(11,12)13/h4-5H,3H2,1-2H3,(H,11,12,13). The fourth-order valence-corrected chi connectivity index (χ4v) is 1.34. The lowest BCUT2D eigenvalue weighted by molar-refractivity contribution is 0.0765. The Morgan fingerprint density at radius 3 is 2.53 bits per heavy atom. The van der Waals surface area contributed by atoms with Gasteiger partial charge in [-0.05, 0) is 19.1 Å². The maximum Gasteiger partial charge on any atom is 0.328 e. The van der Waals surface area contributed by atoms with Crippen molar-refractivity contribution >= 4 is 16.0 Å². The minimum absolute atomic E-state index is 0.119. The number of nitrogens with zero attached hydrogens (tertiary/aromatic N) is 1. The Labute approximate surface area is 87.2 Å². The quantitative estimate of drug-likeness (QED) is 0.773. The summed E-state index contributed by atoms with van der Waals surface area (Å²) in [6.07, 6.45) is 0. The largest absolute Gasteiger partial charge is 0.437 e. The van der Waals surface area contributed by atoms with Gasteiger partial charge in [0.1, 0.15) is 0 Å². The molecule has 1 aromatic rings. The number of carbonyl (C=O) groups excluding carboxylic acids is 1. The molecule has 0 bridgehead atoms. The zero-order chi connectivity index (χ0) is 11.6. The maximum atomic E-state index is 11.5. The lowest BCUT2D eigenvalue weighted by Gasteiger charge is -2.11. The Morgan fingerprint density at radius 2 is 2.13 bits per heavy atom. The number of rotatable bonds is 3. The van der Waals surface area contributed by atoms with Gasteiger partial charge in [-0.2, -0.15) is 8.42 Å². The smallest absolute Gasteiger partial charge is 0.328 e. The summed E-state index contributed by atoms with van der Waals surface area (Å²) in [5.74, 6) is -0.556. The van der Waals surface area contributed by atoms with Crippen LogP contribution in [0.25, 0.3) is 0 Å². The van der Waals surface area contributed by atoms with Crippen LogP contribution in [0.1, 0.15) is 17.5 Å². The predicted molar refractivity (Wildman–Crippen MR) is 51.2 cm³/mol. The van der Waals surface area contributed by atoms with Crippen molar-refractivity contribution < 1.29 is 22.2 Å². The van der Waals surface area contributed by atoms with E-state index in [0.29, 0.717) is 6.54 Å². The van der Waals surface area contributed by atoms with Gasteiger partial charge in [0, 0.05) is 13.6 Å². The molecule has 0 saturated heterocycles. The Balaban J connectivity index is 3.00. The second kappa shape index (κ2) is 4.03. The topological polar surface area (TPSA) is 87.8 Å². The van der Waals surface area contributed by atoms with Crippen molar-refractivity contribution in [2.45, 2.75) is 12.0 Å². The van der Waals surface area contributed by atoms with Crippen molar-refractivity contribution in [3.8, 4) is 0 Å². The zero-order valence-electron chi connectivity index (χ0n) is 8.30. The van der Waals surface area contributed by atoms with E-state index in [4.69, 9.17) is 8.97 Å². The first kappa shape index (κ1) is 11.7. The summed E-state index contributed by atoms with van der Waals surface area (Å²) < 4.78 is 34.6. The van der Waals surface area contributed by atoms with Gasteiger partial charge >= 0.3 is 10.1 Å². The fourth-order valence-electron chi connectivity index (χ4n) is 0.905. The molecule has 0 aromatic carbocycles. The van der Waals surface area contributed by atoms with Gasteiger partial charge in [0.15, 0.2) is 5.76 Å². The Morgan fingerprint density at radius 1 is 1.53 bits per heavy atom. The van der Waals surface area contributed by atoms with Crippen molar-refractivity contribution in [2.24, 2.45) is 0 Å². The van der Waals surface area contributed by atoms with Crippen molar-refractivity contribution in [1.82, 2.24) is 4.90 Å². The normalized spacial score (nSPS) is 11.4. The number of furan rings is 1. The molecule has 0 fully saturated rings. The number of amides is 1. The van der Waals surface area contributed by atoms with E-state index in [1.807, 2.05) is 0 Å². The predicted octanol–water partition coefficient (Wildman–Crippen LogP) is 0.618. The molecule has 15 heavy (non-hydrogen) atoms. The summed E-state index contributed by atoms with van der Waals surface area (Å²) in [4.78, 5) is 12.8. The monoisotopic (exact) mass is 233 g/mol. The first-order valence-corrected chi connectivity index (χ1v) is 5.63. The Hall–Kier alpha value is -1.34. The molecular weight excluding hydrogens is 222 g/mol. The van der Waals surface area contributed by atoms with Crippen LogP contribution in [0.2, 0.25) is 0 Å². The van der Waals surface area contributed by atoms with Crippen molar-refractivity contribution in [3.05, 3.63) is 17.9 Å². The molecule has 6 nitrogen and oxygen atoms in total. The number of hydrogen-bond donors (Lipinski definition) is 1. The molecule has 0 unspecified atom stereocenters. The highest BCUT2D eigenvalue weighted by molar-refractivity contribution is 7.85. The zero-order valence-corrected chi connectivity index (χ0v) is 9.11. The molecule has 1 rings (SSSR count). The van der Waals surface area contributed by atoms with Gasteiger partial charge in [0.25, 0.3) is 5.91 Å². The number of hydrogen-bond acceptors (Lipinski definition) is 4. The van der Waals surface area contributed by atoms with E-state index in [1.54, 1.807) is 14.0 Å². The van der Waals surface area contributed by atoms with Gasteiger partial charge in [-0.15, -0.1) is 0 Å². The molecule has 1 heterocycles. The minimum atomic E-state index is -4.39. The molecule has 84 valence electrons. The highest BCUT2D eigenvalue weighted by Crippen LogP contribution is 2.14. The van der Waals surface area contributed by atoms with Crippen LogP contribution < -0.4 is 0 Å². The van der Waals surface area contributed by atoms with Crippen molar-refractivity contribution in [1.29, 1.82) is 0 Å². The second-order valence-corrected chi connectivity index (χ2v) is 4.27. The molecule has 0 aliphatic heterocycles. The summed E-state index contributed by atoms with van der Waals surface area (Å²) in [6, 6.07) is 2.24. The van der Waals surface area contributed by atoms with Gasteiger partial charge < -0.3 is 9.32 Å². The van der Waals surface area contributed by atoms with E-state index < -0.39 is 21.1 Å². The third-order valence-electron chi connectivity index (χ3n) is 1.87. The van der Waals surface area contributed by atoms with Crippen LogP contribution >= 0.6 is 0 Å². The Kier molecular flexibility index (Phi) is 3.15. The van der Waals surface area contributed by atoms with Gasteiger partial charge in [-0.25, -0.2) is 0 Å². The molecular formula is C8H11NO5S. The van der Waals surface area contributed by atoms with Gasteiger partial charge in [0.2, 0.25) is 5.09 Å². The second-order valence-electron chi connectivity index (χ2n) is 2.91. The molecule has 0 saturated carbocycles. The highest BCUT2D eigenvalue weighted by atomic mass is 32.2. The van der Waals surface area contributed by atoms with E-state index in [1.165, 1.54) is 11.0 Å². The third kappa shape index (κ3) is 2.57. The van der Waals surface area contributed by atoms with Crippen LogP contribution in [0.5, 0.6) is 0 Å². The molecule has 0 spiro atoms. The molecule has 0 radical (unpaired) electrons. The van der Waals surface area contributed by atoms with Crippen LogP contribution in [0, 0.1) is 0 Å². The lowest BCUT2D eigenvalue weighted by atomic mass is 10.4. The van der Waals surface area contributed by atoms with Crippen LogP contribution in [0.15, 0.2) is 21.6 Å².